The van der Waals surface area contributed by atoms with E-state index in [0.717, 1.165) is 0 Å². The summed E-state index contributed by atoms with van der Waals surface area (Å²) in [5.74, 6) is -0.638. The van der Waals surface area contributed by atoms with Crippen LogP contribution in [0.4, 0.5) is 0 Å². The van der Waals surface area contributed by atoms with Crippen LogP contribution in [0.2, 0.25) is 0 Å². The van der Waals surface area contributed by atoms with Crippen molar-refractivity contribution in [2.75, 3.05) is 13.1 Å². The van der Waals surface area contributed by atoms with Gasteiger partial charge >= 0.3 is 0 Å². The third-order valence-corrected chi connectivity index (χ3v) is 2.91. The van der Waals surface area contributed by atoms with E-state index < -0.39 is 12.0 Å². The molecule has 2 amide bonds. The van der Waals surface area contributed by atoms with E-state index in [-0.39, 0.29) is 30.7 Å². The van der Waals surface area contributed by atoms with E-state index in [0.29, 0.717) is 4.67 Å². The molecule has 6 nitrogen and oxygen atoms in total. The van der Waals surface area contributed by atoms with Crippen molar-refractivity contribution in [3.63, 3.8) is 0 Å². The van der Waals surface area contributed by atoms with E-state index in [1.807, 2.05) is 13.8 Å². The molecule has 0 radical (unpaired) electrons. The highest BCUT2D eigenvalue weighted by molar-refractivity contribution is 9.10. The zero-order valence-electron chi connectivity index (χ0n) is 10.8. The Labute approximate surface area is 119 Å². The van der Waals surface area contributed by atoms with Gasteiger partial charge in [-0.15, -0.1) is 0 Å². The van der Waals surface area contributed by atoms with Crippen molar-refractivity contribution >= 4 is 27.7 Å². The third kappa shape index (κ3) is 5.44. The van der Waals surface area contributed by atoms with Gasteiger partial charge in [-0.3, -0.25) is 9.59 Å². The molecule has 1 atom stereocenters. The monoisotopic (exact) mass is 332 g/mol. The van der Waals surface area contributed by atoms with Crippen LogP contribution in [0.3, 0.4) is 0 Å². The van der Waals surface area contributed by atoms with Crippen molar-refractivity contribution in [1.29, 1.82) is 0 Å². The maximum atomic E-state index is 11.6. The number of rotatable bonds is 6. The second-order valence-corrected chi connectivity index (χ2v) is 5.18. The minimum atomic E-state index is -0.597. The fourth-order valence-corrected chi connectivity index (χ4v) is 1.51. The molecule has 1 rings (SSSR count). The Morgan fingerprint density at radius 1 is 1.37 bits per heavy atom. The van der Waals surface area contributed by atoms with Crippen LogP contribution >= 0.6 is 15.9 Å². The fraction of sp³-hybridized carbons (Fsp3) is 0.500. The Morgan fingerprint density at radius 3 is 2.58 bits per heavy atom. The van der Waals surface area contributed by atoms with Gasteiger partial charge in [-0.25, -0.2) is 0 Å². The van der Waals surface area contributed by atoms with Crippen molar-refractivity contribution in [2.24, 2.45) is 5.92 Å². The third-order valence-electron chi connectivity index (χ3n) is 2.48. The first-order valence-corrected chi connectivity index (χ1v) is 6.67. The normalized spacial score (nSPS) is 12.3. The predicted octanol–water partition coefficient (Wildman–Crippen LogP) is 0.905. The Hall–Kier alpha value is -1.34. The predicted molar refractivity (Wildman–Crippen MR) is 72.6 cm³/mol. The minimum absolute atomic E-state index is 0.0651. The van der Waals surface area contributed by atoms with Gasteiger partial charge in [0.2, 0.25) is 5.91 Å². The second-order valence-electron chi connectivity index (χ2n) is 4.40. The summed E-state index contributed by atoms with van der Waals surface area (Å²) in [4.78, 5) is 23.0. The average Bonchev–Trinajstić information content (AvgIpc) is 2.79. The molecule has 1 heterocycles. The number of halogens is 1. The van der Waals surface area contributed by atoms with Crippen LogP contribution in [0, 0.1) is 5.92 Å². The summed E-state index contributed by atoms with van der Waals surface area (Å²) in [6, 6.07) is 3.09. The van der Waals surface area contributed by atoms with E-state index in [9.17, 15) is 14.7 Å². The van der Waals surface area contributed by atoms with Gasteiger partial charge in [0.15, 0.2) is 10.4 Å². The first-order valence-electron chi connectivity index (χ1n) is 5.88. The maximum absolute atomic E-state index is 11.6. The smallest absolute Gasteiger partial charge is 0.287 e. The van der Waals surface area contributed by atoms with Crippen molar-refractivity contribution in [3.8, 4) is 0 Å². The molecule has 0 spiro atoms. The maximum Gasteiger partial charge on any atom is 0.287 e. The highest BCUT2D eigenvalue weighted by Gasteiger charge is 2.13. The Balaban J connectivity index is 2.29. The zero-order valence-corrected chi connectivity index (χ0v) is 12.4. The molecule has 0 aliphatic carbocycles. The molecule has 0 saturated carbocycles. The molecule has 7 heteroatoms. The van der Waals surface area contributed by atoms with Crippen molar-refractivity contribution in [1.82, 2.24) is 10.6 Å². The summed E-state index contributed by atoms with van der Waals surface area (Å²) in [6.07, 6.45) is -0.597. The molecular formula is C12H17BrN2O4. The summed E-state index contributed by atoms with van der Waals surface area (Å²) in [6.45, 7) is 3.71. The summed E-state index contributed by atoms with van der Waals surface area (Å²) in [5, 5.41) is 14.5. The van der Waals surface area contributed by atoms with Crippen LogP contribution in [0.1, 0.15) is 24.4 Å². The number of nitrogens with one attached hydrogen (secondary N) is 2. The van der Waals surface area contributed by atoms with Gasteiger partial charge in [-0.1, -0.05) is 13.8 Å². The second kappa shape index (κ2) is 7.30. The van der Waals surface area contributed by atoms with Crippen molar-refractivity contribution < 1.29 is 19.1 Å². The number of carbonyl (C=O) groups excluding carboxylic acids is 2. The molecule has 1 unspecified atom stereocenters. The number of aliphatic hydroxyl groups is 1. The molecule has 0 saturated heterocycles. The first kappa shape index (κ1) is 15.7. The lowest BCUT2D eigenvalue weighted by Crippen LogP contribution is -2.41. The standard InChI is InChI=1S/C12H17BrN2O4/c1-7(2)8(16)5-14-11(17)6-15-12(18)9-3-4-10(13)19-9/h3-4,7-8,16H,5-6H2,1-2H3,(H,14,17)(H,15,18). The van der Waals surface area contributed by atoms with Crippen LogP contribution in [-0.2, 0) is 4.79 Å². The van der Waals surface area contributed by atoms with Crippen molar-refractivity contribution in [3.05, 3.63) is 22.6 Å². The van der Waals surface area contributed by atoms with Gasteiger partial charge in [-0.05, 0) is 34.0 Å². The van der Waals surface area contributed by atoms with E-state index in [1.54, 1.807) is 6.07 Å². The molecule has 3 N–H and O–H groups in total. The van der Waals surface area contributed by atoms with Gasteiger partial charge in [0.25, 0.3) is 5.91 Å². The van der Waals surface area contributed by atoms with Gasteiger partial charge in [0.05, 0.1) is 12.6 Å². The number of aliphatic hydroxyl groups excluding tert-OH is 1. The molecule has 1 aromatic heterocycles. The lowest BCUT2D eigenvalue weighted by molar-refractivity contribution is -0.120. The Kier molecular flexibility index (Phi) is 6.04. The van der Waals surface area contributed by atoms with E-state index in [4.69, 9.17) is 4.42 Å². The van der Waals surface area contributed by atoms with Crippen LogP contribution in [0.5, 0.6) is 0 Å². The fourth-order valence-electron chi connectivity index (χ4n) is 1.20. The quantitative estimate of drug-likeness (QED) is 0.721. The van der Waals surface area contributed by atoms with Gasteiger partial charge < -0.3 is 20.2 Å². The zero-order chi connectivity index (χ0) is 14.4. The lowest BCUT2D eigenvalue weighted by Gasteiger charge is -2.15. The van der Waals surface area contributed by atoms with Gasteiger partial charge in [0.1, 0.15) is 0 Å². The number of hydrogen-bond acceptors (Lipinski definition) is 4. The van der Waals surface area contributed by atoms with Crippen LogP contribution in [-0.4, -0.2) is 36.1 Å². The highest BCUT2D eigenvalue weighted by Crippen LogP contribution is 2.13. The summed E-state index contributed by atoms with van der Waals surface area (Å²) < 4.78 is 5.49. The Morgan fingerprint density at radius 2 is 2.05 bits per heavy atom. The molecule has 106 valence electrons. The summed E-state index contributed by atoms with van der Waals surface area (Å²) in [7, 11) is 0. The van der Waals surface area contributed by atoms with E-state index >= 15 is 0 Å². The van der Waals surface area contributed by atoms with Crippen LogP contribution in [0.25, 0.3) is 0 Å². The molecular weight excluding hydrogens is 316 g/mol. The molecule has 0 aliphatic rings. The largest absolute Gasteiger partial charge is 0.444 e. The van der Waals surface area contributed by atoms with Crippen LogP contribution in [0.15, 0.2) is 21.2 Å². The molecule has 0 bridgehead atoms. The average molecular weight is 333 g/mol. The van der Waals surface area contributed by atoms with E-state index in [1.165, 1.54) is 6.07 Å². The number of furan rings is 1. The molecule has 0 aliphatic heterocycles. The van der Waals surface area contributed by atoms with Crippen molar-refractivity contribution in [2.45, 2.75) is 20.0 Å². The SMILES string of the molecule is CC(C)C(O)CNC(=O)CNC(=O)c1ccc(Br)o1. The summed E-state index contributed by atoms with van der Waals surface area (Å²) in [5.41, 5.74) is 0. The molecule has 0 aromatic carbocycles. The Bertz CT molecular complexity index is 445. The van der Waals surface area contributed by atoms with Crippen LogP contribution < -0.4 is 10.6 Å². The number of amides is 2. The van der Waals surface area contributed by atoms with Gasteiger partial charge in [0, 0.05) is 6.54 Å². The number of carbonyl (C=O) groups is 2. The highest BCUT2D eigenvalue weighted by atomic mass is 79.9. The van der Waals surface area contributed by atoms with E-state index in [2.05, 4.69) is 26.6 Å². The number of hydrogen-bond donors (Lipinski definition) is 3. The molecule has 0 fully saturated rings. The minimum Gasteiger partial charge on any atom is -0.444 e. The topological polar surface area (TPSA) is 91.6 Å². The molecule has 19 heavy (non-hydrogen) atoms. The lowest BCUT2D eigenvalue weighted by atomic mass is 10.1. The molecule has 1 aromatic rings. The first-order chi connectivity index (χ1) is 8.90. The van der Waals surface area contributed by atoms with Gasteiger partial charge in [-0.2, -0.15) is 0 Å². The summed E-state index contributed by atoms with van der Waals surface area (Å²) >= 11 is 3.08.